The molecule has 2 aromatic heterocycles. The quantitative estimate of drug-likeness (QED) is 0.406. The number of amides is 2. The highest BCUT2D eigenvalue weighted by molar-refractivity contribution is 6.08. The highest BCUT2D eigenvalue weighted by atomic mass is 16.5. The van der Waals surface area contributed by atoms with E-state index in [1.165, 1.54) is 17.8 Å². The van der Waals surface area contributed by atoms with E-state index in [4.69, 9.17) is 4.74 Å². The summed E-state index contributed by atoms with van der Waals surface area (Å²) in [6.45, 7) is 2.17. The predicted octanol–water partition coefficient (Wildman–Crippen LogP) is 3.95. The van der Waals surface area contributed by atoms with Crippen LogP contribution in [0.15, 0.2) is 72.0 Å². The average molecular weight is 457 g/mol. The van der Waals surface area contributed by atoms with Gasteiger partial charge < -0.3 is 15.4 Å². The van der Waals surface area contributed by atoms with Crippen molar-refractivity contribution >= 4 is 34.1 Å². The van der Waals surface area contributed by atoms with Crippen molar-refractivity contribution in [3.63, 3.8) is 0 Å². The number of methoxy groups -OCH3 is 1. The third-order valence-electron chi connectivity index (χ3n) is 5.27. The fraction of sp³-hybridized carbons (Fsp3) is 0.160. The van der Waals surface area contributed by atoms with Gasteiger partial charge in [0.25, 0.3) is 5.56 Å². The molecule has 0 radical (unpaired) electrons. The minimum atomic E-state index is -0.515. The van der Waals surface area contributed by atoms with Gasteiger partial charge in [-0.05, 0) is 48.9 Å². The Morgan fingerprint density at radius 3 is 2.59 bits per heavy atom. The standard InChI is InChI=1S/C25H23N5O4/c1-16(31)18-4-3-5-19(14-18)28-25(33)29-21-7-6-20-23(22(21)17-8-10-26-11-9-17)24(32)30(15-27-20)12-13-34-2/h3-11,14-15H,12-13H2,1-2H3,(H2,28,29,33). The Hall–Kier alpha value is -4.37. The summed E-state index contributed by atoms with van der Waals surface area (Å²) in [6, 6.07) is 13.1. The molecular formula is C25H23N5O4. The molecule has 9 heteroatoms. The first-order valence-corrected chi connectivity index (χ1v) is 10.6. The van der Waals surface area contributed by atoms with E-state index >= 15 is 0 Å². The molecule has 9 nitrogen and oxygen atoms in total. The Morgan fingerprint density at radius 2 is 1.85 bits per heavy atom. The highest BCUT2D eigenvalue weighted by Crippen LogP contribution is 2.33. The molecule has 2 aromatic carbocycles. The van der Waals surface area contributed by atoms with E-state index in [-0.39, 0.29) is 11.3 Å². The minimum absolute atomic E-state index is 0.101. The van der Waals surface area contributed by atoms with Crippen molar-refractivity contribution in [2.45, 2.75) is 13.5 Å². The highest BCUT2D eigenvalue weighted by Gasteiger charge is 2.17. The van der Waals surface area contributed by atoms with Crippen molar-refractivity contribution in [3.8, 4) is 11.1 Å². The van der Waals surface area contributed by atoms with Crippen molar-refractivity contribution in [1.82, 2.24) is 14.5 Å². The van der Waals surface area contributed by atoms with Gasteiger partial charge in [0.2, 0.25) is 0 Å². The summed E-state index contributed by atoms with van der Waals surface area (Å²) < 4.78 is 6.58. The molecule has 0 aliphatic rings. The molecule has 0 fully saturated rings. The number of aromatic nitrogens is 3. The molecule has 4 rings (SSSR count). The summed E-state index contributed by atoms with van der Waals surface area (Å²) in [7, 11) is 1.56. The first kappa shape index (κ1) is 22.8. The number of carbonyl (C=O) groups is 2. The summed E-state index contributed by atoms with van der Waals surface area (Å²) in [6.07, 6.45) is 4.72. The minimum Gasteiger partial charge on any atom is -0.383 e. The summed E-state index contributed by atoms with van der Waals surface area (Å²) in [5, 5.41) is 5.94. The van der Waals surface area contributed by atoms with Gasteiger partial charge in [-0.1, -0.05) is 12.1 Å². The molecule has 0 bridgehead atoms. The smallest absolute Gasteiger partial charge is 0.323 e. The first-order valence-electron chi connectivity index (χ1n) is 10.6. The summed E-state index contributed by atoms with van der Waals surface area (Å²) in [5.74, 6) is -0.101. The zero-order valence-electron chi connectivity index (χ0n) is 18.7. The normalized spacial score (nSPS) is 10.8. The van der Waals surface area contributed by atoms with Crippen molar-refractivity contribution in [1.29, 1.82) is 0 Å². The number of hydrogen-bond acceptors (Lipinski definition) is 6. The number of pyridine rings is 1. The zero-order valence-corrected chi connectivity index (χ0v) is 18.7. The summed E-state index contributed by atoms with van der Waals surface area (Å²) in [5.41, 5.74) is 2.90. The number of ether oxygens (including phenoxy) is 1. The molecule has 0 saturated carbocycles. The number of urea groups is 1. The molecule has 0 aliphatic carbocycles. The SMILES string of the molecule is COCCn1cnc2ccc(NC(=O)Nc3cccc(C(C)=O)c3)c(-c3ccncc3)c2c1=O. The summed E-state index contributed by atoms with van der Waals surface area (Å²) >= 11 is 0. The molecule has 0 aliphatic heterocycles. The van der Waals surface area contributed by atoms with Crippen molar-refractivity contribution in [3.05, 3.63) is 83.2 Å². The van der Waals surface area contributed by atoms with Crippen molar-refractivity contribution in [2.24, 2.45) is 0 Å². The van der Waals surface area contributed by atoms with E-state index in [0.717, 1.165) is 0 Å². The molecule has 4 aromatic rings. The monoisotopic (exact) mass is 457 g/mol. The van der Waals surface area contributed by atoms with Gasteiger partial charge >= 0.3 is 6.03 Å². The molecule has 172 valence electrons. The number of hydrogen-bond donors (Lipinski definition) is 2. The number of fused-ring (bicyclic) bond motifs is 1. The fourth-order valence-electron chi connectivity index (χ4n) is 3.62. The van der Waals surface area contributed by atoms with Crippen molar-refractivity contribution in [2.75, 3.05) is 24.4 Å². The van der Waals surface area contributed by atoms with Crippen LogP contribution in [0.3, 0.4) is 0 Å². The maximum atomic E-state index is 13.4. The lowest BCUT2D eigenvalue weighted by Crippen LogP contribution is -2.24. The molecular weight excluding hydrogens is 434 g/mol. The van der Waals surface area contributed by atoms with E-state index < -0.39 is 6.03 Å². The maximum absolute atomic E-state index is 13.4. The van der Waals surface area contributed by atoms with Gasteiger partial charge in [-0.15, -0.1) is 0 Å². The maximum Gasteiger partial charge on any atom is 0.323 e. The Bertz CT molecular complexity index is 1420. The van der Waals surface area contributed by atoms with E-state index in [2.05, 4.69) is 20.6 Å². The van der Waals surface area contributed by atoms with Crippen LogP contribution in [0.2, 0.25) is 0 Å². The third-order valence-corrected chi connectivity index (χ3v) is 5.27. The van der Waals surface area contributed by atoms with Gasteiger partial charge in [0.05, 0.1) is 36.1 Å². The van der Waals surface area contributed by atoms with Gasteiger partial charge in [-0.2, -0.15) is 0 Å². The van der Waals surface area contributed by atoms with Crippen LogP contribution in [0.5, 0.6) is 0 Å². The molecule has 2 N–H and O–H groups in total. The molecule has 2 amide bonds. The van der Waals surface area contributed by atoms with Crippen LogP contribution in [0.1, 0.15) is 17.3 Å². The Kier molecular flexibility index (Phi) is 6.74. The zero-order chi connectivity index (χ0) is 24.1. The second kappa shape index (κ2) is 10.1. The molecule has 34 heavy (non-hydrogen) atoms. The molecule has 0 unspecified atom stereocenters. The molecule has 0 spiro atoms. The van der Waals surface area contributed by atoms with E-state index in [9.17, 15) is 14.4 Å². The van der Waals surface area contributed by atoms with Crippen LogP contribution in [-0.4, -0.2) is 40.1 Å². The molecule has 0 atom stereocenters. The van der Waals surface area contributed by atoms with Gasteiger partial charge in [0, 0.05) is 36.3 Å². The average Bonchev–Trinajstić information content (AvgIpc) is 2.84. The predicted molar refractivity (Wildman–Crippen MR) is 130 cm³/mol. The van der Waals surface area contributed by atoms with Crippen molar-refractivity contribution < 1.29 is 14.3 Å². The lowest BCUT2D eigenvalue weighted by Gasteiger charge is -2.15. The van der Waals surface area contributed by atoms with Crippen LogP contribution in [0.4, 0.5) is 16.2 Å². The second-order valence-corrected chi connectivity index (χ2v) is 7.57. The van der Waals surface area contributed by atoms with Gasteiger partial charge in [0.1, 0.15) is 0 Å². The number of anilines is 2. The summed E-state index contributed by atoms with van der Waals surface area (Å²) in [4.78, 5) is 46.3. The van der Waals surface area contributed by atoms with Crippen LogP contribution in [0.25, 0.3) is 22.0 Å². The Labute approximate surface area is 195 Å². The van der Waals surface area contributed by atoms with E-state index in [0.29, 0.717) is 52.1 Å². The number of carbonyl (C=O) groups excluding carboxylic acids is 2. The topological polar surface area (TPSA) is 115 Å². The molecule has 2 heterocycles. The number of nitrogens with one attached hydrogen (secondary N) is 2. The van der Waals surface area contributed by atoms with Gasteiger partial charge in [-0.3, -0.25) is 19.1 Å². The number of ketones is 1. The number of benzene rings is 2. The van der Waals surface area contributed by atoms with Crippen LogP contribution in [-0.2, 0) is 11.3 Å². The molecule has 0 saturated heterocycles. The lowest BCUT2D eigenvalue weighted by molar-refractivity contribution is 0.101. The van der Waals surface area contributed by atoms with Gasteiger partial charge in [0.15, 0.2) is 5.78 Å². The van der Waals surface area contributed by atoms with E-state index in [1.54, 1.807) is 68.0 Å². The van der Waals surface area contributed by atoms with Crippen LogP contribution < -0.4 is 16.2 Å². The lowest BCUT2D eigenvalue weighted by atomic mass is 10.00. The second-order valence-electron chi connectivity index (χ2n) is 7.57. The van der Waals surface area contributed by atoms with Gasteiger partial charge in [-0.25, -0.2) is 9.78 Å². The first-order chi connectivity index (χ1) is 16.5. The number of nitrogens with zero attached hydrogens (tertiary/aromatic N) is 3. The van der Waals surface area contributed by atoms with Crippen LogP contribution in [0, 0.1) is 0 Å². The fourth-order valence-corrected chi connectivity index (χ4v) is 3.62. The Morgan fingerprint density at radius 1 is 1.06 bits per heavy atom. The Balaban J connectivity index is 1.77. The number of Topliss-reactive ketones (excluding diaryl/α,β-unsaturated/α-hetero) is 1. The van der Waals surface area contributed by atoms with E-state index in [1.807, 2.05) is 0 Å². The third kappa shape index (κ3) is 4.84. The largest absolute Gasteiger partial charge is 0.383 e. The van der Waals surface area contributed by atoms with Crippen LogP contribution >= 0.6 is 0 Å². The number of rotatable bonds is 7.